The van der Waals surface area contributed by atoms with Crippen molar-refractivity contribution in [1.82, 2.24) is 15.2 Å². The molecule has 0 aromatic carbocycles. The van der Waals surface area contributed by atoms with Crippen LogP contribution < -0.4 is 15.8 Å². The smallest absolute Gasteiger partial charge is 0.243 e. The molecule has 2 aliphatic rings. The number of rotatable bonds is 10. The summed E-state index contributed by atoms with van der Waals surface area (Å²) in [6.45, 7) is 1.65. The van der Waals surface area contributed by atoms with E-state index >= 15 is 0 Å². The second-order valence-electron chi connectivity index (χ2n) is 8.40. The number of hydrogen-bond acceptors (Lipinski definition) is 8. The Balaban J connectivity index is 1.29. The van der Waals surface area contributed by atoms with Gasteiger partial charge in [0.1, 0.15) is 17.6 Å². The Morgan fingerprint density at radius 3 is 2.86 bits per heavy atom. The van der Waals surface area contributed by atoms with E-state index in [4.69, 9.17) is 25.4 Å². The molecule has 4 heterocycles. The molecule has 0 saturated carbocycles. The summed E-state index contributed by atoms with van der Waals surface area (Å²) in [5, 5.41) is 12.1. The Hall–Kier alpha value is -3.09. The molecule has 2 aliphatic heterocycles. The maximum Gasteiger partial charge on any atom is 0.243 e. The van der Waals surface area contributed by atoms with Gasteiger partial charge in [-0.1, -0.05) is 0 Å². The summed E-state index contributed by atoms with van der Waals surface area (Å²) in [5.41, 5.74) is 6.11. The maximum atomic E-state index is 13.1. The first-order chi connectivity index (χ1) is 16.8. The van der Waals surface area contributed by atoms with Gasteiger partial charge in [0.15, 0.2) is 5.79 Å². The van der Waals surface area contributed by atoms with Crippen LogP contribution >= 0.6 is 11.3 Å². The van der Waals surface area contributed by atoms with Crippen LogP contribution in [0, 0.1) is 11.4 Å². The normalized spacial score (nSPS) is 18.7. The minimum atomic E-state index is -0.947. The molecule has 1 atom stereocenters. The highest BCUT2D eigenvalue weighted by atomic mass is 32.1. The first kappa shape index (κ1) is 25.0. The zero-order valence-corrected chi connectivity index (χ0v) is 19.9. The molecule has 2 amide bonds. The summed E-state index contributed by atoms with van der Waals surface area (Å²) in [5.74, 6) is -1.64. The molecular formula is C23H28FN5O5S. The van der Waals surface area contributed by atoms with Crippen LogP contribution in [-0.4, -0.2) is 65.7 Å². The molecule has 1 unspecified atom stereocenters. The summed E-state index contributed by atoms with van der Waals surface area (Å²) < 4.78 is 30.2. The molecule has 2 aromatic heterocycles. The van der Waals surface area contributed by atoms with Crippen molar-refractivity contribution < 1.29 is 28.2 Å². The van der Waals surface area contributed by atoms with Crippen LogP contribution in [0.5, 0.6) is 5.75 Å². The summed E-state index contributed by atoms with van der Waals surface area (Å²) in [4.78, 5) is 31.9. The van der Waals surface area contributed by atoms with Gasteiger partial charge in [-0.3, -0.25) is 15.0 Å². The predicted molar refractivity (Wildman–Crippen MR) is 125 cm³/mol. The number of amidine groups is 1. The number of nitrogen functional groups attached to an aromatic ring is 1. The Morgan fingerprint density at radius 2 is 2.14 bits per heavy atom. The van der Waals surface area contributed by atoms with Crippen LogP contribution in [0.2, 0.25) is 0 Å². The Kier molecular flexibility index (Phi) is 7.93. The van der Waals surface area contributed by atoms with E-state index in [1.807, 2.05) is 0 Å². The van der Waals surface area contributed by atoms with Crippen molar-refractivity contribution in [3.63, 3.8) is 0 Å². The van der Waals surface area contributed by atoms with Gasteiger partial charge in [0, 0.05) is 40.9 Å². The number of hydrogen-bond donors (Lipinski definition) is 3. The van der Waals surface area contributed by atoms with E-state index < -0.39 is 17.8 Å². The number of likely N-dealkylation sites (tertiary alicyclic amines) is 1. The number of nitrogens with zero attached hydrogens (tertiary/aromatic N) is 2. The van der Waals surface area contributed by atoms with Gasteiger partial charge in [-0.15, -0.1) is 11.3 Å². The van der Waals surface area contributed by atoms with Gasteiger partial charge in [0.2, 0.25) is 17.8 Å². The summed E-state index contributed by atoms with van der Waals surface area (Å²) >= 11 is 1.40. The maximum absolute atomic E-state index is 13.1. The molecule has 188 valence electrons. The fraction of sp³-hybridized carbons (Fsp3) is 0.478. The van der Waals surface area contributed by atoms with Crippen LogP contribution in [0.4, 0.5) is 4.39 Å². The van der Waals surface area contributed by atoms with Crippen LogP contribution in [0.3, 0.4) is 0 Å². The van der Waals surface area contributed by atoms with Gasteiger partial charge >= 0.3 is 0 Å². The molecule has 0 bridgehead atoms. The third-order valence-corrected chi connectivity index (χ3v) is 6.82. The molecule has 4 N–H and O–H groups in total. The van der Waals surface area contributed by atoms with Crippen molar-refractivity contribution in [2.75, 3.05) is 26.4 Å². The highest BCUT2D eigenvalue weighted by molar-refractivity contribution is 7.10. The number of thiophene rings is 1. The number of carbonyl (C=O) groups is 2. The van der Waals surface area contributed by atoms with E-state index in [-0.39, 0.29) is 43.6 Å². The van der Waals surface area contributed by atoms with E-state index in [0.29, 0.717) is 44.0 Å². The molecule has 1 spiro atoms. The molecule has 4 rings (SSSR count). The van der Waals surface area contributed by atoms with Crippen molar-refractivity contribution in [1.29, 1.82) is 5.41 Å². The third-order valence-electron chi connectivity index (χ3n) is 5.88. The van der Waals surface area contributed by atoms with Crippen molar-refractivity contribution in [3.8, 4) is 5.75 Å². The average Bonchev–Trinajstić information content (AvgIpc) is 3.58. The fourth-order valence-corrected chi connectivity index (χ4v) is 4.96. The number of unbranched alkanes of at least 4 members (excludes halogenated alkanes) is 1. The number of ether oxygens (including phenoxy) is 3. The Labute approximate surface area is 206 Å². The van der Waals surface area contributed by atoms with Crippen molar-refractivity contribution >= 4 is 29.0 Å². The monoisotopic (exact) mass is 505 g/mol. The van der Waals surface area contributed by atoms with E-state index in [0.717, 1.165) is 4.88 Å². The predicted octanol–water partition coefficient (Wildman–Crippen LogP) is 1.78. The highest BCUT2D eigenvalue weighted by Crippen LogP contribution is 2.35. The number of halogens is 1. The van der Waals surface area contributed by atoms with Crippen LogP contribution in [0.25, 0.3) is 0 Å². The molecule has 35 heavy (non-hydrogen) atoms. The number of nitrogens with one attached hydrogen (secondary N) is 2. The zero-order valence-electron chi connectivity index (χ0n) is 19.1. The molecular weight excluding hydrogens is 477 g/mol. The third kappa shape index (κ3) is 6.32. The number of amides is 2. The largest absolute Gasteiger partial charge is 0.493 e. The number of carbonyl (C=O) groups excluding carboxylic acids is 2. The lowest BCUT2D eigenvalue weighted by atomic mass is 10.1. The van der Waals surface area contributed by atoms with Gasteiger partial charge in [-0.25, -0.2) is 4.98 Å². The SMILES string of the molecule is N=C(N)c1csc(CNC(=O)C2CC3(CN2C(=O)CCCCOc2ccnc(F)c2)OCCO3)c1. The minimum Gasteiger partial charge on any atom is -0.493 e. The molecule has 2 saturated heterocycles. The number of aromatic nitrogens is 1. The summed E-state index contributed by atoms with van der Waals surface area (Å²) in [7, 11) is 0. The Morgan fingerprint density at radius 1 is 1.34 bits per heavy atom. The van der Waals surface area contributed by atoms with Gasteiger partial charge in [-0.05, 0) is 25.0 Å². The Bertz CT molecular complexity index is 1070. The minimum absolute atomic E-state index is 0.0257. The summed E-state index contributed by atoms with van der Waals surface area (Å²) in [6, 6.07) is 3.83. The summed E-state index contributed by atoms with van der Waals surface area (Å²) in [6.07, 6.45) is 2.98. The van der Waals surface area contributed by atoms with E-state index in [1.54, 1.807) is 17.5 Å². The molecule has 2 fully saturated rings. The molecule has 10 nitrogen and oxygen atoms in total. The van der Waals surface area contributed by atoms with Gasteiger partial charge < -0.3 is 30.2 Å². The number of nitrogens with two attached hydrogens (primary N) is 1. The quantitative estimate of drug-likeness (QED) is 0.194. The van der Waals surface area contributed by atoms with Gasteiger partial charge in [0.25, 0.3) is 0 Å². The standard InChI is InChI=1S/C23H28FN5O5S/c24-19-10-16(4-5-27-19)32-6-2-1-3-20(30)29-14-23(33-7-8-34-23)11-18(29)22(31)28-12-17-9-15(13-35-17)21(25)26/h4-5,9-10,13,18H,1-3,6-8,11-12,14H2,(H3,25,26)(H,28,31). The van der Waals surface area contributed by atoms with Crippen LogP contribution in [0.15, 0.2) is 29.8 Å². The topological polar surface area (TPSA) is 140 Å². The lowest BCUT2D eigenvalue weighted by Gasteiger charge is -2.24. The van der Waals surface area contributed by atoms with Gasteiger partial charge in [-0.2, -0.15) is 4.39 Å². The first-order valence-corrected chi connectivity index (χ1v) is 12.2. The van der Waals surface area contributed by atoms with Crippen molar-refractivity contribution in [3.05, 3.63) is 46.2 Å². The fourth-order valence-electron chi connectivity index (χ4n) is 4.13. The molecule has 0 radical (unpaired) electrons. The number of pyridine rings is 1. The van der Waals surface area contributed by atoms with E-state index in [2.05, 4.69) is 10.3 Å². The second kappa shape index (κ2) is 11.1. The van der Waals surface area contributed by atoms with E-state index in [1.165, 1.54) is 28.5 Å². The van der Waals surface area contributed by atoms with Crippen molar-refractivity contribution in [2.24, 2.45) is 5.73 Å². The van der Waals surface area contributed by atoms with Crippen LogP contribution in [0.1, 0.15) is 36.1 Å². The molecule has 12 heteroatoms. The molecule has 0 aliphatic carbocycles. The average molecular weight is 506 g/mol. The first-order valence-electron chi connectivity index (χ1n) is 11.4. The van der Waals surface area contributed by atoms with E-state index in [9.17, 15) is 14.0 Å². The highest BCUT2D eigenvalue weighted by Gasteiger charge is 2.52. The lowest BCUT2D eigenvalue weighted by molar-refractivity contribution is -0.152. The van der Waals surface area contributed by atoms with Gasteiger partial charge in [0.05, 0.1) is 32.9 Å². The zero-order chi connectivity index (χ0) is 24.8. The lowest BCUT2D eigenvalue weighted by Crippen LogP contribution is -2.45. The van der Waals surface area contributed by atoms with Crippen LogP contribution in [-0.2, 0) is 25.6 Å². The van der Waals surface area contributed by atoms with Crippen molar-refractivity contribution in [2.45, 2.75) is 44.1 Å². The molecule has 2 aromatic rings. The second-order valence-corrected chi connectivity index (χ2v) is 9.40.